The molecule has 4 unspecified atom stereocenters. The second-order valence-electron chi connectivity index (χ2n) is 5.47. The number of fused-ring (bicyclic) bond motifs is 1. The van der Waals surface area contributed by atoms with E-state index in [4.69, 9.17) is 9.47 Å². The first-order chi connectivity index (χ1) is 8.84. The predicted molar refractivity (Wildman–Crippen MR) is 73.5 cm³/mol. The van der Waals surface area contributed by atoms with E-state index in [1.165, 1.54) is 0 Å². The van der Waals surface area contributed by atoms with E-state index in [0.717, 1.165) is 38.8 Å². The largest absolute Gasteiger partial charge is 0.378 e. The van der Waals surface area contributed by atoms with Crippen LogP contribution in [0.4, 0.5) is 0 Å². The van der Waals surface area contributed by atoms with Crippen molar-refractivity contribution in [3.63, 3.8) is 0 Å². The molecule has 19 heavy (non-hydrogen) atoms. The molecule has 0 spiro atoms. The van der Waals surface area contributed by atoms with Crippen LogP contribution in [0.15, 0.2) is 0 Å². The number of carbonyl (C=O) groups excluding carboxylic acids is 1. The van der Waals surface area contributed by atoms with Gasteiger partial charge in [-0.3, -0.25) is 4.79 Å². The molecule has 0 radical (unpaired) electrons. The number of rotatable bonds is 2. The Balaban J connectivity index is 0.00000133. The summed E-state index contributed by atoms with van der Waals surface area (Å²) in [6.07, 6.45) is 4.51. The van der Waals surface area contributed by atoms with Gasteiger partial charge in [0.2, 0.25) is 0 Å². The quantitative estimate of drug-likeness (QED) is 0.776. The molecule has 1 aliphatic carbocycles. The number of nitrogens with one attached hydrogen (secondary N) is 2. The Hall–Kier alpha value is -0.360. The van der Waals surface area contributed by atoms with Gasteiger partial charge in [0.15, 0.2) is 0 Å². The van der Waals surface area contributed by atoms with Gasteiger partial charge in [0.25, 0.3) is 5.91 Å². The van der Waals surface area contributed by atoms with Crippen molar-refractivity contribution in [2.45, 2.75) is 43.9 Å². The van der Waals surface area contributed by atoms with Gasteiger partial charge >= 0.3 is 0 Å². The van der Waals surface area contributed by atoms with Gasteiger partial charge in [0.1, 0.15) is 6.10 Å². The highest BCUT2D eigenvalue weighted by molar-refractivity contribution is 5.85. The number of morpholine rings is 1. The predicted octanol–water partition coefficient (Wildman–Crippen LogP) is 0.470. The summed E-state index contributed by atoms with van der Waals surface area (Å²) in [5.41, 5.74) is 0. The molecule has 2 saturated heterocycles. The third-order valence-electron chi connectivity index (χ3n) is 4.33. The van der Waals surface area contributed by atoms with Crippen LogP contribution in [0.2, 0.25) is 0 Å². The molecule has 2 N–H and O–H groups in total. The number of amides is 1. The van der Waals surface area contributed by atoms with Crippen molar-refractivity contribution in [3.05, 3.63) is 0 Å². The standard InChI is InChI=1S/C13H22N2O3.ClH/c16-13(12-8-14-5-7-18-12)15-10-2-1-3-11-9(10)4-6-17-11;/h9-12,14H,1-8H2,(H,15,16);1H. The Labute approximate surface area is 120 Å². The number of hydrogen-bond acceptors (Lipinski definition) is 4. The average molecular weight is 291 g/mol. The lowest BCUT2D eigenvalue weighted by Gasteiger charge is -2.34. The Morgan fingerprint density at radius 2 is 2.05 bits per heavy atom. The van der Waals surface area contributed by atoms with Gasteiger partial charge < -0.3 is 20.1 Å². The zero-order chi connectivity index (χ0) is 12.4. The highest BCUT2D eigenvalue weighted by Crippen LogP contribution is 2.34. The molecular weight excluding hydrogens is 268 g/mol. The minimum Gasteiger partial charge on any atom is -0.378 e. The Morgan fingerprint density at radius 3 is 2.84 bits per heavy atom. The van der Waals surface area contributed by atoms with E-state index < -0.39 is 0 Å². The monoisotopic (exact) mass is 290 g/mol. The third-order valence-corrected chi connectivity index (χ3v) is 4.33. The number of hydrogen-bond donors (Lipinski definition) is 2. The molecule has 0 aromatic carbocycles. The van der Waals surface area contributed by atoms with E-state index in [0.29, 0.717) is 25.2 Å². The number of carbonyl (C=O) groups is 1. The van der Waals surface area contributed by atoms with E-state index >= 15 is 0 Å². The molecule has 110 valence electrons. The summed E-state index contributed by atoms with van der Waals surface area (Å²) in [4.78, 5) is 12.1. The van der Waals surface area contributed by atoms with Gasteiger partial charge in [-0.1, -0.05) is 0 Å². The van der Waals surface area contributed by atoms with Crippen LogP contribution in [-0.2, 0) is 14.3 Å². The molecule has 0 aromatic heterocycles. The third kappa shape index (κ3) is 3.40. The summed E-state index contributed by atoms with van der Waals surface area (Å²) in [5.74, 6) is 0.555. The Morgan fingerprint density at radius 1 is 1.16 bits per heavy atom. The Kier molecular flexibility index (Phi) is 5.45. The molecule has 6 heteroatoms. The van der Waals surface area contributed by atoms with E-state index in [-0.39, 0.29) is 30.5 Å². The first kappa shape index (κ1) is 15.0. The molecule has 2 heterocycles. The molecule has 2 aliphatic heterocycles. The molecule has 4 atom stereocenters. The zero-order valence-electron chi connectivity index (χ0n) is 11.1. The fourth-order valence-corrected chi connectivity index (χ4v) is 3.36. The van der Waals surface area contributed by atoms with Crippen molar-refractivity contribution >= 4 is 18.3 Å². The van der Waals surface area contributed by atoms with Crippen molar-refractivity contribution < 1.29 is 14.3 Å². The van der Waals surface area contributed by atoms with Crippen molar-refractivity contribution in [1.82, 2.24) is 10.6 Å². The first-order valence-electron chi connectivity index (χ1n) is 7.09. The maximum Gasteiger partial charge on any atom is 0.250 e. The number of halogens is 1. The zero-order valence-corrected chi connectivity index (χ0v) is 11.9. The van der Waals surface area contributed by atoms with Crippen LogP contribution >= 0.6 is 12.4 Å². The van der Waals surface area contributed by atoms with Crippen LogP contribution in [-0.4, -0.2) is 50.5 Å². The summed E-state index contributed by atoms with van der Waals surface area (Å²) in [6.45, 7) is 2.94. The van der Waals surface area contributed by atoms with Crippen LogP contribution < -0.4 is 10.6 Å². The SMILES string of the molecule is Cl.O=C(NC1CCCC2OCCC12)C1CNCCO1. The Bertz CT molecular complexity index is 310. The van der Waals surface area contributed by atoms with Crippen LogP contribution in [0.25, 0.3) is 0 Å². The summed E-state index contributed by atoms with van der Waals surface area (Å²) in [5, 5.41) is 6.36. The van der Waals surface area contributed by atoms with Gasteiger partial charge in [0.05, 0.1) is 12.7 Å². The van der Waals surface area contributed by atoms with Crippen molar-refractivity contribution in [2.24, 2.45) is 5.92 Å². The second-order valence-corrected chi connectivity index (χ2v) is 5.47. The molecule has 1 saturated carbocycles. The molecule has 3 aliphatic rings. The van der Waals surface area contributed by atoms with Gasteiger partial charge in [-0.05, 0) is 25.7 Å². The lowest BCUT2D eigenvalue weighted by Crippen LogP contribution is -2.53. The fourth-order valence-electron chi connectivity index (χ4n) is 3.36. The fraction of sp³-hybridized carbons (Fsp3) is 0.923. The summed E-state index contributed by atoms with van der Waals surface area (Å²) < 4.78 is 11.2. The van der Waals surface area contributed by atoms with Crippen molar-refractivity contribution in [2.75, 3.05) is 26.3 Å². The first-order valence-corrected chi connectivity index (χ1v) is 7.09. The topological polar surface area (TPSA) is 59.6 Å². The minimum absolute atomic E-state index is 0. The maximum atomic E-state index is 12.1. The van der Waals surface area contributed by atoms with Gasteiger partial charge in [0, 0.05) is 31.7 Å². The summed E-state index contributed by atoms with van der Waals surface area (Å²) >= 11 is 0. The summed E-state index contributed by atoms with van der Waals surface area (Å²) in [6, 6.07) is 0.282. The van der Waals surface area contributed by atoms with Crippen LogP contribution in [0.5, 0.6) is 0 Å². The molecule has 3 fully saturated rings. The van der Waals surface area contributed by atoms with Gasteiger partial charge in [-0.25, -0.2) is 0 Å². The van der Waals surface area contributed by atoms with E-state index in [2.05, 4.69) is 10.6 Å². The molecule has 3 rings (SSSR count). The molecule has 0 aromatic rings. The van der Waals surface area contributed by atoms with E-state index in [1.54, 1.807) is 0 Å². The highest BCUT2D eigenvalue weighted by atomic mass is 35.5. The molecular formula is C13H23ClN2O3. The minimum atomic E-state index is -0.318. The van der Waals surface area contributed by atoms with Crippen molar-refractivity contribution in [3.8, 4) is 0 Å². The number of ether oxygens (including phenoxy) is 2. The molecule has 1 amide bonds. The van der Waals surface area contributed by atoms with Gasteiger partial charge in [-0.2, -0.15) is 0 Å². The average Bonchev–Trinajstić information content (AvgIpc) is 2.89. The highest BCUT2D eigenvalue weighted by Gasteiger charge is 2.39. The maximum absolute atomic E-state index is 12.1. The van der Waals surface area contributed by atoms with E-state index in [9.17, 15) is 4.79 Å². The molecule has 5 nitrogen and oxygen atoms in total. The molecule has 0 bridgehead atoms. The van der Waals surface area contributed by atoms with E-state index in [1.807, 2.05) is 0 Å². The van der Waals surface area contributed by atoms with Crippen molar-refractivity contribution in [1.29, 1.82) is 0 Å². The lowest BCUT2D eigenvalue weighted by atomic mass is 9.81. The van der Waals surface area contributed by atoms with Gasteiger partial charge in [-0.15, -0.1) is 12.4 Å². The second kappa shape index (κ2) is 6.88. The lowest BCUT2D eigenvalue weighted by molar-refractivity contribution is -0.135. The van der Waals surface area contributed by atoms with Crippen LogP contribution in [0.3, 0.4) is 0 Å². The smallest absolute Gasteiger partial charge is 0.250 e. The summed E-state index contributed by atoms with van der Waals surface area (Å²) in [7, 11) is 0. The normalized spacial score (nSPS) is 38.1. The van der Waals surface area contributed by atoms with Crippen LogP contribution in [0, 0.1) is 5.92 Å². The van der Waals surface area contributed by atoms with Crippen LogP contribution in [0.1, 0.15) is 25.7 Å².